The van der Waals surface area contributed by atoms with Gasteiger partial charge in [0.05, 0.1) is 0 Å². The van der Waals surface area contributed by atoms with Gasteiger partial charge in [-0.2, -0.15) is 0 Å². The molecule has 0 unspecified atom stereocenters. The van der Waals surface area contributed by atoms with Gasteiger partial charge in [-0.05, 0) is 69.2 Å². The molecule has 3 nitrogen and oxygen atoms in total. The lowest BCUT2D eigenvalue weighted by molar-refractivity contribution is -0.138. The van der Waals surface area contributed by atoms with E-state index in [1.807, 2.05) is 0 Å². The molecule has 0 aliphatic carbocycles. The number of carbonyl (C=O) groups is 1. The molecule has 2 fully saturated rings. The summed E-state index contributed by atoms with van der Waals surface area (Å²) in [5, 5.41) is 3.45. The van der Waals surface area contributed by atoms with Crippen molar-refractivity contribution in [1.29, 1.82) is 0 Å². The molecule has 0 saturated carbocycles. The van der Waals surface area contributed by atoms with Crippen molar-refractivity contribution in [2.24, 2.45) is 5.41 Å². The SMILES string of the molecule is Cc1ccc(C)c(CCN2CC3(CCNCC3)CCC2=O)c1. The number of piperidine rings is 2. The van der Waals surface area contributed by atoms with Gasteiger partial charge in [0.25, 0.3) is 0 Å². The van der Waals surface area contributed by atoms with Gasteiger partial charge < -0.3 is 10.2 Å². The molecule has 1 N–H and O–H groups in total. The highest BCUT2D eigenvalue weighted by Gasteiger charge is 2.39. The Morgan fingerprint density at radius 1 is 1.18 bits per heavy atom. The maximum atomic E-state index is 12.3. The van der Waals surface area contributed by atoms with E-state index in [1.54, 1.807) is 0 Å². The quantitative estimate of drug-likeness (QED) is 0.931. The number of hydrogen-bond donors (Lipinski definition) is 1. The van der Waals surface area contributed by atoms with Gasteiger partial charge in [-0.1, -0.05) is 23.8 Å². The van der Waals surface area contributed by atoms with Gasteiger partial charge in [0.15, 0.2) is 0 Å². The molecule has 3 heteroatoms. The van der Waals surface area contributed by atoms with E-state index in [0.29, 0.717) is 11.3 Å². The number of benzene rings is 1. The fraction of sp³-hybridized carbons (Fsp3) is 0.632. The fourth-order valence-electron chi connectivity index (χ4n) is 4.00. The van der Waals surface area contributed by atoms with E-state index >= 15 is 0 Å². The number of likely N-dealkylation sites (tertiary alicyclic amines) is 1. The summed E-state index contributed by atoms with van der Waals surface area (Å²) in [6.07, 6.45) is 5.26. The van der Waals surface area contributed by atoms with Gasteiger partial charge in [-0.3, -0.25) is 4.79 Å². The first-order chi connectivity index (χ1) is 10.6. The molecule has 0 radical (unpaired) electrons. The van der Waals surface area contributed by atoms with Crippen LogP contribution in [0.2, 0.25) is 0 Å². The number of nitrogens with zero attached hydrogens (tertiary/aromatic N) is 1. The Kier molecular flexibility index (Phi) is 4.53. The molecule has 2 saturated heterocycles. The Balaban J connectivity index is 1.65. The maximum Gasteiger partial charge on any atom is 0.222 e. The van der Waals surface area contributed by atoms with Crippen molar-refractivity contribution in [2.45, 2.75) is 46.0 Å². The van der Waals surface area contributed by atoms with Gasteiger partial charge in [-0.25, -0.2) is 0 Å². The van der Waals surface area contributed by atoms with Crippen molar-refractivity contribution in [3.63, 3.8) is 0 Å². The largest absolute Gasteiger partial charge is 0.342 e. The summed E-state index contributed by atoms with van der Waals surface area (Å²) in [7, 11) is 0. The number of nitrogens with one attached hydrogen (secondary N) is 1. The lowest BCUT2D eigenvalue weighted by atomic mass is 9.72. The van der Waals surface area contributed by atoms with Crippen LogP contribution < -0.4 is 5.32 Å². The Bertz CT molecular complexity index is 546. The van der Waals surface area contributed by atoms with Gasteiger partial charge in [0.1, 0.15) is 0 Å². The predicted octanol–water partition coefficient (Wildman–Crippen LogP) is 2.84. The number of carbonyl (C=O) groups excluding carboxylic acids is 1. The van der Waals surface area contributed by atoms with Crippen LogP contribution in [-0.4, -0.2) is 37.0 Å². The summed E-state index contributed by atoms with van der Waals surface area (Å²) in [6.45, 7) is 8.37. The average molecular weight is 300 g/mol. The van der Waals surface area contributed by atoms with Crippen LogP contribution in [0, 0.1) is 19.3 Å². The molecule has 0 bridgehead atoms. The van der Waals surface area contributed by atoms with Crippen LogP contribution in [0.4, 0.5) is 0 Å². The van der Waals surface area contributed by atoms with Crippen molar-refractivity contribution >= 4 is 5.91 Å². The zero-order valence-electron chi connectivity index (χ0n) is 14.0. The van der Waals surface area contributed by atoms with Gasteiger partial charge in [0.2, 0.25) is 5.91 Å². The summed E-state index contributed by atoms with van der Waals surface area (Å²) >= 11 is 0. The summed E-state index contributed by atoms with van der Waals surface area (Å²) in [4.78, 5) is 14.4. The summed E-state index contributed by atoms with van der Waals surface area (Å²) < 4.78 is 0. The van der Waals surface area contributed by atoms with Crippen LogP contribution >= 0.6 is 0 Å². The van der Waals surface area contributed by atoms with E-state index in [2.05, 4.69) is 42.3 Å². The minimum Gasteiger partial charge on any atom is -0.342 e. The third kappa shape index (κ3) is 3.35. The molecule has 0 atom stereocenters. The second-order valence-corrected chi connectivity index (χ2v) is 7.25. The monoisotopic (exact) mass is 300 g/mol. The van der Waals surface area contributed by atoms with Crippen molar-refractivity contribution in [3.05, 3.63) is 34.9 Å². The molecule has 2 aliphatic rings. The molecular formula is C19H28N2O. The summed E-state index contributed by atoms with van der Waals surface area (Å²) in [5.74, 6) is 0.356. The second-order valence-electron chi connectivity index (χ2n) is 7.25. The van der Waals surface area contributed by atoms with E-state index in [-0.39, 0.29) is 0 Å². The van der Waals surface area contributed by atoms with Crippen molar-refractivity contribution in [3.8, 4) is 0 Å². The highest BCUT2D eigenvalue weighted by atomic mass is 16.2. The van der Waals surface area contributed by atoms with Crippen LogP contribution in [0.5, 0.6) is 0 Å². The van der Waals surface area contributed by atoms with E-state index in [0.717, 1.165) is 45.4 Å². The van der Waals surface area contributed by atoms with Gasteiger partial charge >= 0.3 is 0 Å². The first kappa shape index (κ1) is 15.5. The topological polar surface area (TPSA) is 32.3 Å². The first-order valence-electron chi connectivity index (χ1n) is 8.63. The average Bonchev–Trinajstić information content (AvgIpc) is 2.52. The molecule has 1 aromatic rings. The molecule has 2 aliphatic heterocycles. The van der Waals surface area contributed by atoms with Crippen LogP contribution in [0.1, 0.15) is 42.4 Å². The number of rotatable bonds is 3. The molecule has 22 heavy (non-hydrogen) atoms. The molecule has 1 amide bonds. The minimum absolute atomic E-state index is 0.356. The smallest absolute Gasteiger partial charge is 0.222 e. The molecule has 120 valence electrons. The summed E-state index contributed by atoms with van der Waals surface area (Å²) in [5.41, 5.74) is 4.42. The molecular weight excluding hydrogens is 272 g/mol. The fourth-order valence-corrected chi connectivity index (χ4v) is 4.00. The Morgan fingerprint density at radius 3 is 2.73 bits per heavy atom. The third-order valence-electron chi connectivity index (χ3n) is 5.57. The van der Waals surface area contributed by atoms with Crippen LogP contribution in [-0.2, 0) is 11.2 Å². The zero-order chi connectivity index (χ0) is 15.6. The standard InChI is InChI=1S/C19H28N2O/c1-15-3-4-16(2)17(13-15)6-12-21-14-19(7-5-18(21)22)8-10-20-11-9-19/h3-4,13,20H,5-12,14H2,1-2H3. The van der Waals surface area contributed by atoms with Crippen molar-refractivity contribution in [2.75, 3.05) is 26.2 Å². The van der Waals surface area contributed by atoms with E-state index < -0.39 is 0 Å². The normalized spacial score (nSPS) is 21.4. The highest BCUT2D eigenvalue weighted by Crippen LogP contribution is 2.38. The van der Waals surface area contributed by atoms with E-state index in [9.17, 15) is 4.79 Å². The Morgan fingerprint density at radius 2 is 1.95 bits per heavy atom. The van der Waals surface area contributed by atoms with Crippen LogP contribution in [0.25, 0.3) is 0 Å². The van der Waals surface area contributed by atoms with Crippen LogP contribution in [0.15, 0.2) is 18.2 Å². The minimum atomic E-state index is 0.356. The zero-order valence-corrected chi connectivity index (χ0v) is 14.0. The Labute approximate surface area is 134 Å². The predicted molar refractivity (Wildman–Crippen MR) is 90.0 cm³/mol. The molecule has 1 aromatic carbocycles. The van der Waals surface area contributed by atoms with Crippen molar-refractivity contribution < 1.29 is 4.79 Å². The van der Waals surface area contributed by atoms with Crippen LogP contribution in [0.3, 0.4) is 0 Å². The van der Waals surface area contributed by atoms with Gasteiger partial charge in [-0.15, -0.1) is 0 Å². The third-order valence-corrected chi connectivity index (χ3v) is 5.57. The highest BCUT2D eigenvalue weighted by molar-refractivity contribution is 5.77. The van der Waals surface area contributed by atoms with Crippen molar-refractivity contribution in [1.82, 2.24) is 10.2 Å². The summed E-state index contributed by atoms with van der Waals surface area (Å²) in [6, 6.07) is 6.62. The van der Waals surface area contributed by atoms with Gasteiger partial charge in [0, 0.05) is 19.5 Å². The molecule has 3 rings (SSSR count). The second kappa shape index (κ2) is 6.41. The molecule has 0 aromatic heterocycles. The number of amides is 1. The molecule has 1 spiro atoms. The lowest BCUT2D eigenvalue weighted by Gasteiger charge is -2.45. The maximum absolute atomic E-state index is 12.3. The lowest BCUT2D eigenvalue weighted by Crippen LogP contribution is -2.51. The Hall–Kier alpha value is -1.35. The number of hydrogen-bond acceptors (Lipinski definition) is 2. The number of aryl methyl sites for hydroxylation is 2. The first-order valence-corrected chi connectivity index (χ1v) is 8.63. The van der Waals surface area contributed by atoms with E-state index in [1.165, 1.54) is 29.5 Å². The molecule has 2 heterocycles. The van der Waals surface area contributed by atoms with E-state index in [4.69, 9.17) is 0 Å².